The molecule has 1 amide bonds. The van der Waals surface area contributed by atoms with E-state index in [4.69, 9.17) is 0 Å². The molecule has 1 N–H and O–H groups in total. The van der Waals surface area contributed by atoms with Crippen molar-refractivity contribution in [2.45, 2.75) is 39.2 Å². The Hall–Kier alpha value is -0.880. The first-order chi connectivity index (χ1) is 8.34. The number of carbonyl (C=O) groups excluding carboxylic acids is 1. The molecule has 1 unspecified atom stereocenters. The third kappa shape index (κ3) is 4.42. The normalized spacial score (nSPS) is 22.8. The van der Waals surface area contributed by atoms with Crippen LogP contribution in [0.2, 0.25) is 0 Å². The Bertz CT molecular complexity index is 429. The number of rotatable bonds is 4. The van der Waals surface area contributed by atoms with E-state index in [2.05, 4.69) is 5.32 Å². The number of nitrogens with zero attached hydrogens (tertiary/aromatic N) is 1. The van der Waals surface area contributed by atoms with Crippen LogP contribution in [0, 0.1) is 0 Å². The number of hydrogen-bond acceptors (Lipinski definition) is 3. The maximum atomic E-state index is 11.8. The van der Waals surface area contributed by atoms with Gasteiger partial charge in [-0.15, -0.1) is 0 Å². The van der Waals surface area contributed by atoms with E-state index in [9.17, 15) is 13.2 Å². The summed E-state index contributed by atoms with van der Waals surface area (Å²) in [5, 5.41) is 2.89. The van der Waals surface area contributed by atoms with Gasteiger partial charge >= 0.3 is 0 Å². The Morgan fingerprint density at radius 2 is 2.17 bits per heavy atom. The molecule has 1 aliphatic rings. The topological polar surface area (TPSA) is 66.5 Å². The molecule has 5 nitrogen and oxygen atoms in total. The average molecular weight is 274 g/mol. The average Bonchev–Trinajstić information content (AvgIpc) is 2.28. The molecule has 1 saturated heterocycles. The third-order valence-corrected chi connectivity index (χ3v) is 4.33. The van der Waals surface area contributed by atoms with Crippen molar-refractivity contribution in [3.8, 4) is 0 Å². The van der Waals surface area contributed by atoms with Gasteiger partial charge in [-0.1, -0.05) is 13.0 Å². The maximum Gasteiger partial charge on any atom is 0.246 e. The minimum Gasteiger partial charge on any atom is -0.348 e. The highest BCUT2D eigenvalue weighted by Gasteiger charge is 2.26. The molecule has 1 heterocycles. The van der Waals surface area contributed by atoms with Crippen molar-refractivity contribution in [2.75, 3.05) is 19.3 Å². The molecule has 1 atom stereocenters. The molecule has 0 aromatic carbocycles. The van der Waals surface area contributed by atoms with Gasteiger partial charge in [0, 0.05) is 24.7 Å². The molecule has 0 radical (unpaired) electrons. The molecule has 0 bridgehead atoms. The lowest BCUT2D eigenvalue weighted by Crippen LogP contribution is -2.49. The predicted molar refractivity (Wildman–Crippen MR) is 71.6 cm³/mol. The zero-order chi connectivity index (χ0) is 13.8. The van der Waals surface area contributed by atoms with Crippen LogP contribution in [0.5, 0.6) is 0 Å². The molecule has 1 fully saturated rings. The zero-order valence-electron chi connectivity index (χ0n) is 11.3. The first-order valence-corrected chi connectivity index (χ1v) is 8.12. The molecule has 6 heteroatoms. The lowest BCUT2D eigenvalue weighted by molar-refractivity contribution is -0.118. The van der Waals surface area contributed by atoms with E-state index in [0.717, 1.165) is 19.3 Å². The molecule has 0 aromatic heterocycles. The first kappa shape index (κ1) is 15.2. The summed E-state index contributed by atoms with van der Waals surface area (Å²) in [6.07, 6.45) is 5.51. The third-order valence-electron chi connectivity index (χ3n) is 3.06. The number of hydrogen-bond donors (Lipinski definition) is 1. The monoisotopic (exact) mass is 274 g/mol. The minimum absolute atomic E-state index is 0.0822. The van der Waals surface area contributed by atoms with Crippen LogP contribution in [0.3, 0.4) is 0 Å². The van der Waals surface area contributed by atoms with Crippen LogP contribution in [0.4, 0.5) is 0 Å². The van der Waals surface area contributed by atoms with E-state index in [-0.39, 0.29) is 11.9 Å². The van der Waals surface area contributed by atoms with E-state index >= 15 is 0 Å². The van der Waals surface area contributed by atoms with Crippen LogP contribution < -0.4 is 5.32 Å². The quantitative estimate of drug-likeness (QED) is 0.774. The number of carbonyl (C=O) groups is 1. The van der Waals surface area contributed by atoms with E-state index < -0.39 is 10.0 Å². The summed E-state index contributed by atoms with van der Waals surface area (Å²) >= 11 is 0. The van der Waals surface area contributed by atoms with Gasteiger partial charge in [-0.05, 0) is 26.2 Å². The van der Waals surface area contributed by atoms with Gasteiger partial charge < -0.3 is 5.32 Å². The zero-order valence-corrected chi connectivity index (χ0v) is 12.1. The van der Waals surface area contributed by atoms with Gasteiger partial charge in [-0.3, -0.25) is 4.79 Å². The minimum atomic E-state index is -3.16. The van der Waals surface area contributed by atoms with Crippen molar-refractivity contribution in [3.05, 3.63) is 11.6 Å². The van der Waals surface area contributed by atoms with Crippen molar-refractivity contribution in [1.82, 2.24) is 9.62 Å². The molecule has 1 aliphatic heterocycles. The fourth-order valence-corrected chi connectivity index (χ4v) is 2.97. The van der Waals surface area contributed by atoms with Crippen molar-refractivity contribution < 1.29 is 13.2 Å². The van der Waals surface area contributed by atoms with Gasteiger partial charge in [0.05, 0.1) is 6.26 Å². The summed E-state index contributed by atoms with van der Waals surface area (Å²) in [6.45, 7) is 4.68. The van der Waals surface area contributed by atoms with Crippen LogP contribution in [0.1, 0.15) is 33.1 Å². The number of amides is 1. The number of sulfonamides is 1. The number of allylic oxidation sites excluding steroid dienone is 1. The van der Waals surface area contributed by atoms with E-state index in [0.29, 0.717) is 18.7 Å². The molecule has 0 aromatic rings. The van der Waals surface area contributed by atoms with Gasteiger partial charge in [0.25, 0.3) is 0 Å². The standard InChI is InChI=1S/C12H22N2O3S/c1-4-6-10(2)12(15)13-11-7-5-8-14(9-11)18(3,16)17/h6,11H,4-5,7-9H2,1-3H3,(H,13,15)/b10-6+. The molecular weight excluding hydrogens is 252 g/mol. The summed E-state index contributed by atoms with van der Waals surface area (Å²) in [4.78, 5) is 11.8. The van der Waals surface area contributed by atoms with Crippen molar-refractivity contribution >= 4 is 15.9 Å². The Morgan fingerprint density at radius 1 is 1.50 bits per heavy atom. The van der Waals surface area contributed by atoms with Crippen LogP contribution in [0.25, 0.3) is 0 Å². The number of nitrogens with one attached hydrogen (secondary N) is 1. The Morgan fingerprint density at radius 3 is 2.72 bits per heavy atom. The number of piperidine rings is 1. The van der Waals surface area contributed by atoms with Crippen molar-refractivity contribution in [1.29, 1.82) is 0 Å². The molecule has 104 valence electrons. The molecule has 0 aliphatic carbocycles. The van der Waals surface area contributed by atoms with Crippen molar-refractivity contribution in [2.24, 2.45) is 0 Å². The highest BCUT2D eigenvalue weighted by molar-refractivity contribution is 7.88. The fraction of sp³-hybridized carbons (Fsp3) is 0.750. The van der Waals surface area contributed by atoms with E-state index in [1.165, 1.54) is 10.6 Å². The van der Waals surface area contributed by atoms with Crippen LogP contribution in [-0.2, 0) is 14.8 Å². The van der Waals surface area contributed by atoms with Gasteiger partial charge in [-0.25, -0.2) is 12.7 Å². The summed E-state index contributed by atoms with van der Waals surface area (Å²) in [6, 6.07) is -0.0822. The summed E-state index contributed by atoms with van der Waals surface area (Å²) in [7, 11) is -3.16. The predicted octanol–water partition coefficient (Wildman–Crippen LogP) is 0.883. The smallest absolute Gasteiger partial charge is 0.246 e. The van der Waals surface area contributed by atoms with Crippen LogP contribution in [0.15, 0.2) is 11.6 Å². The van der Waals surface area contributed by atoms with Crippen LogP contribution >= 0.6 is 0 Å². The second-order valence-corrected chi connectivity index (χ2v) is 6.71. The van der Waals surface area contributed by atoms with E-state index in [1.807, 2.05) is 13.0 Å². The van der Waals surface area contributed by atoms with Gasteiger partial charge in [0.1, 0.15) is 0 Å². The lowest BCUT2D eigenvalue weighted by Gasteiger charge is -2.31. The maximum absolute atomic E-state index is 11.8. The molecule has 0 saturated carbocycles. The first-order valence-electron chi connectivity index (χ1n) is 6.27. The summed E-state index contributed by atoms with van der Waals surface area (Å²) in [5.74, 6) is -0.0998. The van der Waals surface area contributed by atoms with Gasteiger partial charge in [0.2, 0.25) is 15.9 Å². The molecule has 1 rings (SSSR count). The highest BCUT2D eigenvalue weighted by atomic mass is 32.2. The second kappa shape index (κ2) is 6.33. The highest BCUT2D eigenvalue weighted by Crippen LogP contribution is 2.13. The Labute approximate surface area is 109 Å². The van der Waals surface area contributed by atoms with E-state index in [1.54, 1.807) is 6.92 Å². The molecule has 0 spiro atoms. The molecular formula is C12H22N2O3S. The SMILES string of the molecule is CC/C=C(\C)C(=O)NC1CCCN(S(C)(=O)=O)C1. The van der Waals surface area contributed by atoms with Gasteiger partial charge in [-0.2, -0.15) is 0 Å². The Balaban J connectivity index is 2.58. The van der Waals surface area contributed by atoms with Gasteiger partial charge in [0.15, 0.2) is 0 Å². The summed E-state index contributed by atoms with van der Waals surface area (Å²) < 4.78 is 24.3. The van der Waals surface area contributed by atoms with Crippen LogP contribution in [-0.4, -0.2) is 44.0 Å². The van der Waals surface area contributed by atoms with Crippen molar-refractivity contribution in [3.63, 3.8) is 0 Å². The summed E-state index contributed by atoms with van der Waals surface area (Å²) in [5.41, 5.74) is 0.689. The Kier molecular flexibility index (Phi) is 5.34. The largest absolute Gasteiger partial charge is 0.348 e. The molecule has 18 heavy (non-hydrogen) atoms. The fourth-order valence-electron chi connectivity index (χ4n) is 2.06. The lowest BCUT2D eigenvalue weighted by atomic mass is 10.1. The second-order valence-electron chi connectivity index (χ2n) is 4.73.